The number of halogens is 1. The van der Waals surface area contributed by atoms with Crippen molar-refractivity contribution >= 4 is 17.6 Å². The predicted octanol–water partition coefficient (Wildman–Crippen LogP) is 4.49. The minimum Gasteiger partial charge on any atom is -0.493 e. The first-order valence-electron chi connectivity index (χ1n) is 8.96. The molecule has 3 N–H and O–H groups in total. The Hall–Kier alpha value is -2.04. The van der Waals surface area contributed by atoms with Crippen LogP contribution in [0.3, 0.4) is 0 Å². The van der Waals surface area contributed by atoms with Crippen molar-refractivity contribution in [2.75, 3.05) is 6.61 Å². The molecule has 2 atom stereocenters. The van der Waals surface area contributed by atoms with Gasteiger partial charge in [-0.1, -0.05) is 29.8 Å². The van der Waals surface area contributed by atoms with Gasteiger partial charge in [-0.2, -0.15) is 0 Å². The van der Waals surface area contributed by atoms with Gasteiger partial charge in [0.2, 0.25) is 0 Å². The van der Waals surface area contributed by atoms with Crippen molar-refractivity contribution < 1.29 is 14.6 Å². The fraction of sp³-hybridized carbons (Fsp3) is 0.381. The smallest absolute Gasteiger partial charge is 0.303 e. The minimum atomic E-state index is -0.700. The molecule has 2 aromatic carbocycles. The molecule has 2 aliphatic rings. The van der Waals surface area contributed by atoms with E-state index in [4.69, 9.17) is 27.2 Å². The summed E-state index contributed by atoms with van der Waals surface area (Å²) in [6.45, 7) is 2.68. The van der Waals surface area contributed by atoms with Gasteiger partial charge in [-0.25, -0.2) is 0 Å². The van der Waals surface area contributed by atoms with Crippen LogP contribution in [0.5, 0.6) is 5.75 Å². The molecule has 2 aromatic rings. The van der Waals surface area contributed by atoms with Crippen LogP contribution in [0, 0.1) is 0 Å². The molecule has 0 amide bonds. The molecule has 26 heavy (non-hydrogen) atoms. The Kier molecular flexibility index (Phi) is 5.84. The summed E-state index contributed by atoms with van der Waals surface area (Å²) in [4.78, 5) is 10.8. The molecule has 0 spiro atoms. The Bertz CT molecular complexity index is 804. The number of aryl methyl sites for hydroxylation is 1. The van der Waals surface area contributed by atoms with Crippen LogP contribution in [-0.4, -0.2) is 17.7 Å². The number of hydrogen-bond acceptors (Lipinski definition) is 3. The van der Waals surface area contributed by atoms with Crippen molar-refractivity contribution in [2.24, 2.45) is 5.73 Å². The third kappa shape index (κ3) is 4.19. The highest BCUT2D eigenvalue weighted by Crippen LogP contribution is 2.43. The van der Waals surface area contributed by atoms with Gasteiger partial charge in [-0.05, 0) is 60.6 Å². The van der Waals surface area contributed by atoms with Gasteiger partial charge in [-0.15, -0.1) is 0 Å². The topological polar surface area (TPSA) is 72.6 Å². The SMILES string of the molecule is C[C@H](N)c1cccc(Cl)c1.O=C(O)C[C@@H]1CCc2ccc3c(c21)CCO3. The lowest BCUT2D eigenvalue weighted by Gasteiger charge is -2.12. The number of fused-ring (bicyclic) bond motifs is 3. The summed E-state index contributed by atoms with van der Waals surface area (Å²) in [6.07, 6.45) is 3.18. The normalized spacial score (nSPS) is 18.2. The van der Waals surface area contributed by atoms with Crippen LogP contribution in [0.25, 0.3) is 0 Å². The van der Waals surface area contributed by atoms with E-state index >= 15 is 0 Å². The summed E-state index contributed by atoms with van der Waals surface area (Å²) >= 11 is 5.73. The van der Waals surface area contributed by atoms with E-state index in [-0.39, 0.29) is 18.4 Å². The van der Waals surface area contributed by atoms with E-state index in [2.05, 4.69) is 6.07 Å². The van der Waals surface area contributed by atoms with Gasteiger partial charge in [0.15, 0.2) is 0 Å². The second kappa shape index (κ2) is 8.11. The summed E-state index contributed by atoms with van der Waals surface area (Å²) < 4.78 is 5.53. The van der Waals surface area contributed by atoms with Crippen molar-refractivity contribution in [3.05, 3.63) is 63.7 Å². The van der Waals surface area contributed by atoms with Gasteiger partial charge in [0.05, 0.1) is 13.0 Å². The van der Waals surface area contributed by atoms with Crippen LogP contribution in [0.1, 0.15) is 54.0 Å². The quantitative estimate of drug-likeness (QED) is 0.831. The van der Waals surface area contributed by atoms with E-state index in [9.17, 15) is 4.79 Å². The fourth-order valence-electron chi connectivity index (χ4n) is 3.75. The van der Waals surface area contributed by atoms with E-state index in [1.165, 1.54) is 16.7 Å². The molecular weight excluding hydrogens is 350 g/mol. The van der Waals surface area contributed by atoms with Crippen molar-refractivity contribution in [3.63, 3.8) is 0 Å². The van der Waals surface area contributed by atoms with E-state index in [1.807, 2.05) is 37.3 Å². The molecule has 0 radical (unpaired) electrons. The molecule has 1 aliphatic heterocycles. The lowest BCUT2D eigenvalue weighted by molar-refractivity contribution is -0.137. The van der Waals surface area contributed by atoms with Gasteiger partial charge >= 0.3 is 5.97 Å². The number of carbonyl (C=O) groups is 1. The first-order chi connectivity index (χ1) is 12.5. The van der Waals surface area contributed by atoms with Gasteiger partial charge in [0.1, 0.15) is 5.75 Å². The summed E-state index contributed by atoms with van der Waals surface area (Å²) in [7, 11) is 0. The van der Waals surface area contributed by atoms with Crippen molar-refractivity contribution in [3.8, 4) is 5.75 Å². The molecule has 0 aromatic heterocycles. The molecule has 0 bridgehead atoms. The van der Waals surface area contributed by atoms with Gasteiger partial charge in [0.25, 0.3) is 0 Å². The van der Waals surface area contributed by atoms with Crippen LogP contribution in [0.2, 0.25) is 5.02 Å². The first-order valence-corrected chi connectivity index (χ1v) is 9.33. The number of benzene rings is 2. The third-order valence-corrected chi connectivity index (χ3v) is 5.21. The van der Waals surface area contributed by atoms with Crippen LogP contribution < -0.4 is 10.5 Å². The van der Waals surface area contributed by atoms with E-state index in [0.29, 0.717) is 0 Å². The zero-order valence-corrected chi connectivity index (χ0v) is 15.6. The molecule has 0 saturated heterocycles. The Morgan fingerprint density at radius 1 is 1.35 bits per heavy atom. The maximum Gasteiger partial charge on any atom is 0.303 e. The Labute approximate surface area is 158 Å². The lowest BCUT2D eigenvalue weighted by Crippen LogP contribution is -2.05. The van der Waals surface area contributed by atoms with E-state index < -0.39 is 5.97 Å². The summed E-state index contributed by atoms with van der Waals surface area (Å²) in [6, 6.07) is 11.8. The number of carboxylic acid groups (broad SMARTS) is 1. The van der Waals surface area contributed by atoms with E-state index in [0.717, 1.165) is 42.2 Å². The van der Waals surface area contributed by atoms with Crippen LogP contribution in [0.15, 0.2) is 36.4 Å². The predicted molar refractivity (Wildman–Crippen MR) is 103 cm³/mol. The number of hydrogen-bond donors (Lipinski definition) is 2. The van der Waals surface area contributed by atoms with Crippen LogP contribution in [0.4, 0.5) is 0 Å². The molecule has 0 saturated carbocycles. The van der Waals surface area contributed by atoms with Crippen molar-refractivity contribution in [1.29, 1.82) is 0 Å². The van der Waals surface area contributed by atoms with Crippen LogP contribution >= 0.6 is 11.6 Å². The monoisotopic (exact) mass is 373 g/mol. The van der Waals surface area contributed by atoms with Gasteiger partial charge in [0, 0.05) is 23.0 Å². The zero-order valence-electron chi connectivity index (χ0n) is 14.9. The summed E-state index contributed by atoms with van der Waals surface area (Å²) in [5, 5.41) is 9.66. The molecule has 1 heterocycles. The standard InChI is InChI=1S/C13H14O3.C8H10ClN/c14-12(15)7-9-2-1-8-3-4-11-10(13(8)9)5-6-16-11;1-6(10)7-3-2-4-8(9)5-7/h3-4,9H,1-2,5-7H2,(H,14,15);2-6H,10H2,1H3/t9-;6-/m00/s1. The Morgan fingerprint density at radius 2 is 2.15 bits per heavy atom. The zero-order chi connectivity index (χ0) is 18.7. The summed E-state index contributed by atoms with van der Waals surface area (Å²) in [5.41, 5.74) is 10.6. The molecule has 4 nitrogen and oxygen atoms in total. The second-order valence-electron chi connectivity index (χ2n) is 6.89. The Balaban J connectivity index is 0.000000170. The molecule has 138 valence electrons. The highest BCUT2D eigenvalue weighted by molar-refractivity contribution is 6.30. The number of nitrogens with two attached hydrogens (primary N) is 1. The number of rotatable bonds is 3. The molecule has 0 unspecified atom stereocenters. The maximum absolute atomic E-state index is 10.8. The van der Waals surface area contributed by atoms with Gasteiger partial charge < -0.3 is 15.6 Å². The van der Waals surface area contributed by atoms with Gasteiger partial charge in [-0.3, -0.25) is 4.79 Å². The fourth-order valence-corrected chi connectivity index (χ4v) is 3.95. The molecule has 4 rings (SSSR count). The van der Waals surface area contributed by atoms with E-state index in [1.54, 1.807) is 0 Å². The number of carboxylic acids is 1. The van der Waals surface area contributed by atoms with Crippen molar-refractivity contribution in [2.45, 2.75) is 44.6 Å². The molecular formula is C21H24ClNO3. The third-order valence-electron chi connectivity index (χ3n) is 4.98. The first kappa shape index (κ1) is 18.7. The number of ether oxygens (including phenoxy) is 1. The number of aliphatic carboxylic acids is 1. The average Bonchev–Trinajstić information content (AvgIpc) is 3.21. The highest BCUT2D eigenvalue weighted by Gasteiger charge is 2.30. The molecule has 5 heteroatoms. The maximum atomic E-state index is 10.8. The second-order valence-corrected chi connectivity index (χ2v) is 7.33. The minimum absolute atomic E-state index is 0.0682. The lowest BCUT2D eigenvalue weighted by atomic mass is 9.92. The van der Waals surface area contributed by atoms with Crippen molar-refractivity contribution in [1.82, 2.24) is 0 Å². The molecule has 1 aliphatic carbocycles. The van der Waals surface area contributed by atoms with Crippen LogP contribution in [-0.2, 0) is 17.6 Å². The average molecular weight is 374 g/mol. The largest absolute Gasteiger partial charge is 0.493 e. The molecule has 0 fully saturated rings. The Morgan fingerprint density at radius 3 is 2.81 bits per heavy atom. The summed E-state index contributed by atoms with van der Waals surface area (Å²) in [5.74, 6) is 0.467. The highest BCUT2D eigenvalue weighted by atomic mass is 35.5.